The fraction of sp³-hybridized carbons (Fsp3) is 0.647. The third-order valence-electron chi connectivity index (χ3n) is 4.44. The van der Waals surface area contributed by atoms with E-state index < -0.39 is 0 Å². The first-order chi connectivity index (χ1) is 11.6. The zero-order valence-corrected chi connectivity index (χ0v) is 17.2. The van der Waals surface area contributed by atoms with Crippen molar-refractivity contribution in [3.63, 3.8) is 0 Å². The highest BCUT2D eigenvalue weighted by Gasteiger charge is 2.33. The Balaban J connectivity index is 0.00000225. The molecule has 0 radical (unpaired) electrons. The average molecular weight is 462 g/mol. The number of halogens is 1. The van der Waals surface area contributed by atoms with E-state index in [9.17, 15) is 4.79 Å². The monoisotopic (exact) mass is 462 g/mol. The van der Waals surface area contributed by atoms with Crippen molar-refractivity contribution in [2.24, 2.45) is 10.4 Å². The third kappa shape index (κ3) is 4.87. The molecule has 1 aromatic rings. The molecule has 1 N–H and O–H groups in total. The van der Waals surface area contributed by atoms with Gasteiger partial charge in [-0.3, -0.25) is 9.79 Å². The van der Waals surface area contributed by atoms with E-state index in [1.165, 1.54) is 6.26 Å². The lowest BCUT2D eigenvalue weighted by atomic mass is 9.89. The lowest BCUT2D eigenvalue weighted by molar-refractivity contribution is -0.0946. The van der Waals surface area contributed by atoms with Gasteiger partial charge in [0.25, 0.3) is 5.91 Å². The summed E-state index contributed by atoms with van der Waals surface area (Å²) < 4.78 is 10.5. The Morgan fingerprint density at radius 1 is 1.28 bits per heavy atom. The molecule has 0 unspecified atom stereocenters. The van der Waals surface area contributed by atoms with Crippen LogP contribution in [0.25, 0.3) is 0 Å². The van der Waals surface area contributed by atoms with E-state index in [1.807, 2.05) is 4.90 Å². The number of furan rings is 1. The summed E-state index contributed by atoms with van der Waals surface area (Å²) in [4.78, 5) is 21.2. The fourth-order valence-corrected chi connectivity index (χ4v) is 2.91. The van der Waals surface area contributed by atoms with Crippen LogP contribution in [0.15, 0.2) is 27.8 Å². The molecular formula is C17H27IN4O3. The highest BCUT2D eigenvalue weighted by Crippen LogP contribution is 2.26. The number of rotatable bonds is 4. The van der Waals surface area contributed by atoms with Gasteiger partial charge in [0.2, 0.25) is 0 Å². The van der Waals surface area contributed by atoms with Crippen molar-refractivity contribution in [2.45, 2.75) is 13.8 Å². The van der Waals surface area contributed by atoms with Crippen LogP contribution in [0.2, 0.25) is 0 Å². The van der Waals surface area contributed by atoms with Crippen molar-refractivity contribution in [1.29, 1.82) is 0 Å². The van der Waals surface area contributed by atoms with E-state index in [0.29, 0.717) is 18.8 Å². The van der Waals surface area contributed by atoms with Crippen molar-refractivity contribution in [1.82, 2.24) is 15.1 Å². The minimum atomic E-state index is -0.0410. The molecule has 7 nitrogen and oxygen atoms in total. The van der Waals surface area contributed by atoms with Gasteiger partial charge in [-0.2, -0.15) is 0 Å². The SMILES string of the molecule is CCNC(=NCC1(C)COC1)N1CCN(C(=O)c2ccco2)CC1.I. The fourth-order valence-electron chi connectivity index (χ4n) is 2.91. The Labute approximate surface area is 165 Å². The number of piperazine rings is 1. The van der Waals surface area contributed by atoms with E-state index in [4.69, 9.17) is 14.1 Å². The summed E-state index contributed by atoms with van der Waals surface area (Å²) in [6.45, 7) is 10.3. The number of carbonyl (C=O) groups excluding carboxylic acids is 1. The van der Waals surface area contributed by atoms with Gasteiger partial charge in [0, 0.05) is 38.1 Å². The Hall–Kier alpha value is -1.29. The van der Waals surface area contributed by atoms with Crippen molar-refractivity contribution in [2.75, 3.05) is 52.5 Å². The van der Waals surface area contributed by atoms with E-state index >= 15 is 0 Å². The van der Waals surface area contributed by atoms with Crippen LogP contribution in [0.3, 0.4) is 0 Å². The summed E-state index contributed by atoms with van der Waals surface area (Å²) in [5.74, 6) is 1.29. The van der Waals surface area contributed by atoms with Crippen LogP contribution in [0, 0.1) is 5.41 Å². The minimum Gasteiger partial charge on any atom is -0.459 e. The van der Waals surface area contributed by atoms with Crippen LogP contribution in [-0.4, -0.2) is 74.1 Å². The highest BCUT2D eigenvalue weighted by atomic mass is 127. The molecule has 3 rings (SSSR count). The van der Waals surface area contributed by atoms with E-state index in [2.05, 4.69) is 24.1 Å². The van der Waals surface area contributed by atoms with Crippen molar-refractivity contribution >= 4 is 35.8 Å². The number of nitrogens with zero attached hydrogens (tertiary/aromatic N) is 3. The van der Waals surface area contributed by atoms with Crippen LogP contribution in [0.1, 0.15) is 24.4 Å². The molecule has 2 aliphatic heterocycles. The maximum atomic E-state index is 12.3. The Bertz CT molecular complexity index is 579. The second kappa shape index (κ2) is 8.88. The first kappa shape index (κ1) is 20.0. The molecule has 0 saturated carbocycles. The first-order valence-corrected chi connectivity index (χ1v) is 8.55. The molecule has 0 aromatic carbocycles. The van der Waals surface area contributed by atoms with Crippen LogP contribution in [0.5, 0.6) is 0 Å². The molecule has 0 spiro atoms. The largest absolute Gasteiger partial charge is 0.459 e. The number of aliphatic imine (C=N–C) groups is 1. The number of ether oxygens (including phenoxy) is 1. The van der Waals surface area contributed by atoms with Gasteiger partial charge in [-0.25, -0.2) is 0 Å². The molecule has 25 heavy (non-hydrogen) atoms. The number of carbonyl (C=O) groups is 1. The molecule has 8 heteroatoms. The lowest BCUT2D eigenvalue weighted by Crippen LogP contribution is -2.54. The van der Waals surface area contributed by atoms with Crippen LogP contribution in [-0.2, 0) is 4.74 Å². The quantitative estimate of drug-likeness (QED) is 0.419. The number of nitrogens with one attached hydrogen (secondary N) is 1. The highest BCUT2D eigenvalue weighted by molar-refractivity contribution is 14.0. The Kier molecular flexibility index (Phi) is 7.12. The predicted octanol–water partition coefficient (Wildman–Crippen LogP) is 1.66. The normalized spacial score (nSPS) is 19.8. The molecule has 2 saturated heterocycles. The molecule has 0 aliphatic carbocycles. The van der Waals surface area contributed by atoms with E-state index in [1.54, 1.807) is 12.1 Å². The van der Waals surface area contributed by atoms with E-state index in [-0.39, 0.29) is 35.3 Å². The average Bonchev–Trinajstić information content (AvgIpc) is 3.11. The van der Waals surface area contributed by atoms with Crippen LogP contribution in [0.4, 0.5) is 0 Å². The minimum absolute atomic E-state index is 0. The summed E-state index contributed by atoms with van der Waals surface area (Å²) in [5.41, 5.74) is 0.164. The summed E-state index contributed by atoms with van der Waals surface area (Å²) in [7, 11) is 0. The van der Waals surface area contributed by atoms with Gasteiger partial charge in [0.1, 0.15) is 0 Å². The second-order valence-electron chi connectivity index (χ2n) is 6.73. The maximum absolute atomic E-state index is 12.3. The van der Waals surface area contributed by atoms with Crippen LogP contribution >= 0.6 is 24.0 Å². The molecule has 2 fully saturated rings. The molecule has 1 aromatic heterocycles. The third-order valence-corrected chi connectivity index (χ3v) is 4.44. The van der Waals surface area contributed by atoms with Gasteiger partial charge in [0.15, 0.2) is 11.7 Å². The van der Waals surface area contributed by atoms with Gasteiger partial charge < -0.3 is 24.3 Å². The lowest BCUT2D eigenvalue weighted by Gasteiger charge is -2.38. The van der Waals surface area contributed by atoms with Gasteiger partial charge in [-0.1, -0.05) is 6.92 Å². The molecule has 1 amide bonds. The molecule has 3 heterocycles. The first-order valence-electron chi connectivity index (χ1n) is 8.55. The number of hydrogen-bond donors (Lipinski definition) is 1. The summed E-state index contributed by atoms with van der Waals surface area (Å²) in [6.07, 6.45) is 1.53. The predicted molar refractivity (Wildman–Crippen MR) is 107 cm³/mol. The Morgan fingerprint density at radius 2 is 1.96 bits per heavy atom. The summed E-state index contributed by atoms with van der Waals surface area (Å²) in [5, 5.41) is 3.36. The van der Waals surface area contributed by atoms with Crippen molar-refractivity contribution < 1.29 is 13.9 Å². The molecular weight excluding hydrogens is 435 g/mol. The van der Waals surface area contributed by atoms with Gasteiger partial charge in [-0.15, -0.1) is 24.0 Å². The number of hydrogen-bond acceptors (Lipinski definition) is 4. The molecule has 0 atom stereocenters. The zero-order chi connectivity index (χ0) is 17.0. The maximum Gasteiger partial charge on any atom is 0.289 e. The summed E-state index contributed by atoms with van der Waals surface area (Å²) >= 11 is 0. The molecule has 2 aliphatic rings. The second-order valence-corrected chi connectivity index (χ2v) is 6.73. The Morgan fingerprint density at radius 3 is 2.48 bits per heavy atom. The van der Waals surface area contributed by atoms with E-state index in [0.717, 1.165) is 45.4 Å². The molecule has 140 valence electrons. The zero-order valence-electron chi connectivity index (χ0n) is 14.9. The van der Waals surface area contributed by atoms with Gasteiger partial charge in [0.05, 0.1) is 26.0 Å². The smallest absolute Gasteiger partial charge is 0.289 e. The topological polar surface area (TPSA) is 70.3 Å². The van der Waals surface area contributed by atoms with Gasteiger partial charge in [-0.05, 0) is 19.1 Å². The van der Waals surface area contributed by atoms with Gasteiger partial charge >= 0.3 is 0 Å². The standard InChI is InChI=1S/C17H26N4O3.HI/c1-3-18-16(19-11-17(2)12-23-13-17)21-8-6-20(7-9-21)15(22)14-5-4-10-24-14;/h4-5,10H,3,6-9,11-13H2,1-2H3,(H,18,19);1H. The van der Waals surface area contributed by atoms with Crippen molar-refractivity contribution in [3.8, 4) is 0 Å². The molecule has 0 bridgehead atoms. The van der Waals surface area contributed by atoms with Crippen molar-refractivity contribution in [3.05, 3.63) is 24.2 Å². The number of amides is 1. The van der Waals surface area contributed by atoms with Crippen LogP contribution < -0.4 is 5.32 Å². The number of guanidine groups is 1. The summed E-state index contributed by atoms with van der Waals surface area (Å²) in [6, 6.07) is 3.45.